The number of hydrogen-bond donors (Lipinski definition) is 0. The number of rotatable bonds is 3. The van der Waals surface area contributed by atoms with Gasteiger partial charge in [0.2, 0.25) is 0 Å². The van der Waals surface area contributed by atoms with Gasteiger partial charge < -0.3 is 4.40 Å². The summed E-state index contributed by atoms with van der Waals surface area (Å²) < 4.78 is 4.72. The van der Waals surface area contributed by atoms with Crippen molar-refractivity contribution in [1.29, 1.82) is 0 Å². The first-order chi connectivity index (χ1) is 10.7. The monoisotopic (exact) mass is 373 g/mol. The van der Waals surface area contributed by atoms with Crippen LogP contribution >= 0.6 is 27.3 Å². The lowest BCUT2D eigenvalue weighted by atomic mass is 10.2. The quantitative estimate of drug-likeness (QED) is 0.551. The molecule has 0 N–H and O–H groups in total. The van der Waals surface area contributed by atoms with E-state index in [1.54, 1.807) is 16.0 Å². The molecule has 0 spiro atoms. The zero-order valence-corrected chi connectivity index (χ0v) is 14.2. The van der Waals surface area contributed by atoms with Crippen LogP contribution < -0.4 is 0 Å². The Morgan fingerprint density at radius 2 is 2.14 bits per heavy atom. The lowest BCUT2D eigenvalue weighted by molar-refractivity contribution is 0.760. The predicted molar refractivity (Wildman–Crippen MR) is 90.0 cm³/mol. The number of halogens is 1. The summed E-state index contributed by atoms with van der Waals surface area (Å²) in [7, 11) is 1.91. The smallest absolute Gasteiger partial charge is 0.137 e. The Kier molecular flexibility index (Phi) is 3.31. The molecule has 5 nitrogen and oxygen atoms in total. The summed E-state index contributed by atoms with van der Waals surface area (Å²) >= 11 is 5.12. The highest BCUT2D eigenvalue weighted by molar-refractivity contribution is 9.10. The molecule has 0 unspecified atom stereocenters. The number of nitrogens with zero attached hydrogens (tertiary/aromatic N) is 5. The summed E-state index contributed by atoms with van der Waals surface area (Å²) in [5.74, 6) is 0. The third kappa shape index (κ3) is 2.46. The molecule has 0 radical (unpaired) electrons. The highest BCUT2D eigenvalue weighted by Crippen LogP contribution is 2.23. The van der Waals surface area contributed by atoms with Crippen LogP contribution in [-0.4, -0.2) is 24.1 Å². The highest BCUT2D eigenvalue weighted by Gasteiger charge is 2.09. The van der Waals surface area contributed by atoms with Gasteiger partial charge in [0.25, 0.3) is 0 Å². The van der Waals surface area contributed by atoms with Crippen LogP contribution in [0.5, 0.6) is 0 Å². The van der Waals surface area contributed by atoms with Gasteiger partial charge in [-0.1, -0.05) is 0 Å². The fraction of sp³-hybridized carbons (Fsp3) is 0.133. The first-order valence-electron chi connectivity index (χ1n) is 6.74. The maximum atomic E-state index is 4.67. The molecule has 7 heteroatoms. The molecule has 22 heavy (non-hydrogen) atoms. The lowest BCUT2D eigenvalue weighted by Gasteiger charge is -1.97. The van der Waals surface area contributed by atoms with Gasteiger partial charge in [0.05, 0.1) is 5.69 Å². The molecule has 4 aromatic rings. The van der Waals surface area contributed by atoms with Crippen molar-refractivity contribution in [3.05, 3.63) is 58.2 Å². The summed E-state index contributed by atoms with van der Waals surface area (Å²) in [6.07, 6.45) is 8.72. The van der Waals surface area contributed by atoms with Gasteiger partial charge >= 0.3 is 0 Å². The molecule has 0 aromatic carbocycles. The first-order valence-corrected chi connectivity index (χ1v) is 8.42. The molecule has 0 amide bonds. The maximum absolute atomic E-state index is 4.67. The van der Waals surface area contributed by atoms with Gasteiger partial charge in [0.15, 0.2) is 0 Å². The summed E-state index contributed by atoms with van der Waals surface area (Å²) in [6, 6.07) is 4.09. The van der Waals surface area contributed by atoms with E-state index in [0.717, 1.165) is 38.5 Å². The minimum atomic E-state index is 0.753. The van der Waals surface area contributed by atoms with Gasteiger partial charge in [0.1, 0.15) is 15.3 Å². The molecule has 0 atom stereocenters. The molecule has 0 bridgehead atoms. The number of aryl methyl sites for hydroxylation is 1. The third-order valence-corrected chi connectivity index (χ3v) is 4.90. The van der Waals surface area contributed by atoms with Crippen LogP contribution in [0.15, 0.2) is 46.9 Å². The second kappa shape index (κ2) is 5.33. The molecule has 0 aliphatic heterocycles. The van der Waals surface area contributed by atoms with Crippen LogP contribution in [0.2, 0.25) is 0 Å². The molecule has 110 valence electrons. The van der Waals surface area contributed by atoms with Crippen LogP contribution in [0.4, 0.5) is 0 Å². The predicted octanol–water partition coefficient (Wildman–Crippen LogP) is 3.54. The Morgan fingerprint density at radius 1 is 1.23 bits per heavy atom. The first kappa shape index (κ1) is 13.7. The van der Waals surface area contributed by atoms with Crippen LogP contribution in [0.25, 0.3) is 16.2 Å². The topological polar surface area (TPSA) is 48.0 Å². The summed E-state index contributed by atoms with van der Waals surface area (Å²) in [5.41, 5.74) is 4.19. The molecule has 0 saturated carbocycles. The van der Waals surface area contributed by atoms with E-state index in [4.69, 9.17) is 0 Å². The van der Waals surface area contributed by atoms with Crippen molar-refractivity contribution < 1.29 is 0 Å². The van der Waals surface area contributed by atoms with Crippen molar-refractivity contribution in [2.75, 3.05) is 0 Å². The van der Waals surface area contributed by atoms with E-state index >= 15 is 0 Å². The number of hydrogen-bond acceptors (Lipinski definition) is 4. The summed E-state index contributed by atoms with van der Waals surface area (Å²) in [4.78, 5) is 9.02. The van der Waals surface area contributed by atoms with Crippen molar-refractivity contribution in [3.63, 3.8) is 0 Å². The fourth-order valence-electron chi connectivity index (χ4n) is 2.45. The number of fused-ring (bicyclic) bond motifs is 1. The molecular weight excluding hydrogens is 362 g/mol. The Balaban J connectivity index is 1.70. The van der Waals surface area contributed by atoms with Crippen molar-refractivity contribution in [2.24, 2.45) is 7.05 Å². The van der Waals surface area contributed by atoms with Crippen molar-refractivity contribution in [2.45, 2.75) is 6.42 Å². The van der Waals surface area contributed by atoms with E-state index in [0.29, 0.717) is 0 Å². The standard InChI is InChI=1S/C15H12BrN5S/c1-20-7-11(14(16)19-20)6-12-9-21-8-10(2-3-13(21)18-12)15-17-4-5-22-15/h2-5,7-9H,6H2,1H3. The van der Waals surface area contributed by atoms with E-state index in [1.165, 1.54) is 0 Å². The van der Waals surface area contributed by atoms with Gasteiger partial charge in [-0.3, -0.25) is 4.68 Å². The number of aromatic nitrogens is 5. The van der Waals surface area contributed by atoms with Crippen LogP contribution in [-0.2, 0) is 13.5 Å². The number of pyridine rings is 1. The van der Waals surface area contributed by atoms with Gasteiger partial charge in [-0.15, -0.1) is 11.3 Å². The van der Waals surface area contributed by atoms with Crippen molar-refractivity contribution >= 4 is 32.9 Å². The van der Waals surface area contributed by atoms with Crippen LogP contribution in [0.3, 0.4) is 0 Å². The Morgan fingerprint density at radius 3 is 2.86 bits per heavy atom. The lowest BCUT2D eigenvalue weighted by Crippen LogP contribution is -1.87. The zero-order valence-electron chi connectivity index (χ0n) is 11.8. The molecule has 0 fully saturated rings. The van der Waals surface area contributed by atoms with Gasteiger partial charge in [-0.25, -0.2) is 9.97 Å². The highest BCUT2D eigenvalue weighted by atomic mass is 79.9. The Labute approximate surface area is 139 Å². The van der Waals surface area contributed by atoms with Crippen LogP contribution in [0.1, 0.15) is 11.3 Å². The van der Waals surface area contributed by atoms with E-state index < -0.39 is 0 Å². The average Bonchev–Trinajstić information content (AvgIpc) is 3.19. The van der Waals surface area contributed by atoms with Gasteiger partial charge in [-0.2, -0.15) is 5.10 Å². The number of imidazole rings is 1. The fourth-order valence-corrected chi connectivity index (χ4v) is 3.57. The van der Waals surface area contributed by atoms with Gasteiger partial charge in [0, 0.05) is 54.8 Å². The molecular formula is C15H12BrN5S. The SMILES string of the molecule is Cn1cc(Cc2cn3cc(-c4nccs4)ccc3n2)c(Br)n1. The molecule has 4 rings (SSSR count). The van der Waals surface area contributed by atoms with Crippen molar-refractivity contribution in [1.82, 2.24) is 24.1 Å². The molecule has 4 aromatic heterocycles. The molecule has 4 heterocycles. The molecule has 0 aliphatic rings. The van der Waals surface area contributed by atoms with Crippen molar-refractivity contribution in [3.8, 4) is 10.6 Å². The minimum absolute atomic E-state index is 0.753. The average molecular weight is 374 g/mol. The zero-order chi connectivity index (χ0) is 15.1. The normalized spacial score (nSPS) is 11.4. The second-order valence-electron chi connectivity index (χ2n) is 5.05. The Hall–Kier alpha value is -1.99. The second-order valence-corrected chi connectivity index (χ2v) is 6.69. The largest absolute Gasteiger partial charge is 0.306 e. The Bertz CT molecular complexity index is 938. The number of thiazole rings is 1. The summed E-state index contributed by atoms with van der Waals surface area (Å²) in [6.45, 7) is 0. The minimum Gasteiger partial charge on any atom is -0.306 e. The molecule has 0 aliphatic carbocycles. The summed E-state index contributed by atoms with van der Waals surface area (Å²) in [5, 5.41) is 7.31. The van der Waals surface area contributed by atoms with E-state index in [9.17, 15) is 0 Å². The van der Waals surface area contributed by atoms with E-state index in [-0.39, 0.29) is 0 Å². The van der Waals surface area contributed by atoms with Gasteiger partial charge in [-0.05, 0) is 28.1 Å². The van der Waals surface area contributed by atoms with Crippen LogP contribution in [0, 0.1) is 0 Å². The van der Waals surface area contributed by atoms with E-state index in [2.05, 4.69) is 53.9 Å². The molecule has 0 saturated heterocycles. The van der Waals surface area contributed by atoms with E-state index in [1.807, 2.05) is 30.9 Å². The maximum Gasteiger partial charge on any atom is 0.137 e. The third-order valence-electron chi connectivity index (χ3n) is 3.40.